The highest BCUT2D eigenvalue weighted by Crippen LogP contribution is 2.16. The van der Waals surface area contributed by atoms with Crippen molar-refractivity contribution in [3.63, 3.8) is 0 Å². The summed E-state index contributed by atoms with van der Waals surface area (Å²) in [5.74, 6) is 0. The van der Waals surface area contributed by atoms with E-state index in [2.05, 4.69) is 23.9 Å². The van der Waals surface area contributed by atoms with Crippen LogP contribution in [0.15, 0.2) is 24.3 Å². The number of likely N-dealkylation sites (tertiary alicyclic amines) is 1. The molecule has 0 spiro atoms. The lowest BCUT2D eigenvalue weighted by Gasteiger charge is -2.35. The third-order valence-electron chi connectivity index (χ3n) is 3.99. The topological polar surface area (TPSA) is 46.9 Å². The molecule has 0 radical (unpaired) electrons. The Morgan fingerprint density at radius 3 is 2.63 bits per heavy atom. The molecule has 2 rings (SSSR count). The molecular formula is C14H23BN2O2. The minimum Gasteiger partial charge on any atom is -0.423 e. The fourth-order valence-electron chi connectivity index (χ4n) is 2.70. The Hall–Kier alpha value is -0.875. The van der Waals surface area contributed by atoms with E-state index in [1.165, 1.54) is 12.8 Å². The fourth-order valence-corrected chi connectivity index (χ4v) is 2.70. The molecule has 4 nitrogen and oxygen atoms in total. The number of rotatable bonds is 4. The highest BCUT2D eigenvalue weighted by molar-refractivity contribution is 6.58. The van der Waals surface area contributed by atoms with Gasteiger partial charge in [-0.1, -0.05) is 24.3 Å². The van der Waals surface area contributed by atoms with E-state index in [9.17, 15) is 10.0 Å². The third kappa shape index (κ3) is 4.04. The first-order valence-corrected chi connectivity index (χ1v) is 6.90. The highest BCUT2D eigenvalue weighted by Gasteiger charge is 2.20. The molecule has 0 amide bonds. The van der Waals surface area contributed by atoms with Crippen LogP contribution in [0.3, 0.4) is 0 Å². The molecule has 1 aliphatic rings. The Labute approximate surface area is 115 Å². The molecule has 0 atom stereocenters. The standard InChI is InChI=1S/C14H23BN2O2/c1-16-8-6-14(7-9-16)17(2)11-12-4-3-5-13(10-12)15(18)19/h3-5,10,14,18-19H,6-9,11H2,1-2H3. The molecule has 1 saturated heterocycles. The van der Waals surface area contributed by atoms with Gasteiger partial charge in [0.15, 0.2) is 0 Å². The number of benzene rings is 1. The maximum atomic E-state index is 9.20. The van der Waals surface area contributed by atoms with E-state index < -0.39 is 7.12 Å². The number of hydrogen-bond acceptors (Lipinski definition) is 4. The first-order valence-electron chi connectivity index (χ1n) is 6.90. The number of nitrogens with zero attached hydrogens (tertiary/aromatic N) is 2. The Morgan fingerprint density at radius 2 is 2.00 bits per heavy atom. The van der Waals surface area contributed by atoms with Crippen molar-refractivity contribution in [2.75, 3.05) is 27.2 Å². The monoisotopic (exact) mass is 262 g/mol. The first kappa shape index (κ1) is 14.5. The fraction of sp³-hybridized carbons (Fsp3) is 0.571. The largest absolute Gasteiger partial charge is 0.488 e. The summed E-state index contributed by atoms with van der Waals surface area (Å²) in [5, 5.41) is 18.4. The normalized spacial score (nSPS) is 17.9. The van der Waals surface area contributed by atoms with Crippen LogP contribution >= 0.6 is 0 Å². The Kier molecular flexibility index (Phi) is 4.99. The van der Waals surface area contributed by atoms with E-state index in [-0.39, 0.29) is 0 Å². The van der Waals surface area contributed by atoms with Crippen LogP contribution in [0.25, 0.3) is 0 Å². The van der Waals surface area contributed by atoms with Crippen LogP contribution in [0.5, 0.6) is 0 Å². The smallest absolute Gasteiger partial charge is 0.423 e. The minimum atomic E-state index is -1.38. The van der Waals surface area contributed by atoms with Crippen molar-refractivity contribution in [1.82, 2.24) is 9.80 Å². The molecule has 5 heteroatoms. The molecule has 1 aromatic rings. The van der Waals surface area contributed by atoms with Crippen LogP contribution in [-0.4, -0.2) is 60.2 Å². The first-order chi connectivity index (χ1) is 9.06. The number of piperidine rings is 1. The molecule has 1 aromatic carbocycles. The summed E-state index contributed by atoms with van der Waals surface area (Å²) in [4.78, 5) is 4.74. The average molecular weight is 262 g/mol. The van der Waals surface area contributed by atoms with E-state index in [1.807, 2.05) is 18.2 Å². The van der Waals surface area contributed by atoms with Crippen molar-refractivity contribution in [2.45, 2.75) is 25.4 Å². The quantitative estimate of drug-likeness (QED) is 0.743. The van der Waals surface area contributed by atoms with Crippen molar-refractivity contribution in [3.05, 3.63) is 29.8 Å². The van der Waals surface area contributed by atoms with Crippen LogP contribution in [-0.2, 0) is 6.54 Å². The molecule has 0 aliphatic carbocycles. The lowest BCUT2D eigenvalue weighted by molar-refractivity contribution is 0.139. The second-order valence-electron chi connectivity index (χ2n) is 5.57. The zero-order chi connectivity index (χ0) is 13.8. The van der Waals surface area contributed by atoms with Crippen LogP contribution in [0.4, 0.5) is 0 Å². The van der Waals surface area contributed by atoms with Gasteiger partial charge in [0.05, 0.1) is 0 Å². The van der Waals surface area contributed by atoms with Gasteiger partial charge in [0, 0.05) is 12.6 Å². The van der Waals surface area contributed by atoms with Gasteiger partial charge in [0.1, 0.15) is 0 Å². The molecule has 0 unspecified atom stereocenters. The Morgan fingerprint density at radius 1 is 1.32 bits per heavy atom. The zero-order valence-electron chi connectivity index (χ0n) is 11.8. The van der Waals surface area contributed by atoms with Gasteiger partial charge in [0.25, 0.3) is 0 Å². The molecular weight excluding hydrogens is 239 g/mol. The second kappa shape index (κ2) is 6.52. The van der Waals surface area contributed by atoms with Gasteiger partial charge in [-0.2, -0.15) is 0 Å². The summed E-state index contributed by atoms with van der Waals surface area (Å²) in [5.41, 5.74) is 1.70. The Balaban J connectivity index is 1.94. The molecule has 104 valence electrons. The van der Waals surface area contributed by atoms with Gasteiger partial charge in [0.2, 0.25) is 0 Å². The molecule has 2 N–H and O–H groups in total. The predicted molar refractivity (Wildman–Crippen MR) is 78.3 cm³/mol. The second-order valence-corrected chi connectivity index (χ2v) is 5.57. The van der Waals surface area contributed by atoms with Crippen LogP contribution in [0, 0.1) is 0 Å². The zero-order valence-corrected chi connectivity index (χ0v) is 11.8. The minimum absolute atomic E-state index is 0.564. The van der Waals surface area contributed by atoms with E-state index >= 15 is 0 Å². The van der Waals surface area contributed by atoms with Crippen molar-refractivity contribution >= 4 is 12.6 Å². The van der Waals surface area contributed by atoms with E-state index in [0.717, 1.165) is 25.2 Å². The van der Waals surface area contributed by atoms with Crippen LogP contribution in [0.2, 0.25) is 0 Å². The maximum absolute atomic E-state index is 9.20. The van der Waals surface area contributed by atoms with E-state index in [0.29, 0.717) is 11.5 Å². The highest BCUT2D eigenvalue weighted by atomic mass is 16.4. The van der Waals surface area contributed by atoms with Crippen molar-refractivity contribution in [3.8, 4) is 0 Å². The van der Waals surface area contributed by atoms with Gasteiger partial charge in [-0.25, -0.2) is 0 Å². The summed E-state index contributed by atoms with van der Waals surface area (Å²) in [6.45, 7) is 3.17. The lowest BCUT2D eigenvalue weighted by atomic mass is 9.79. The molecule has 0 aromatic heterocycles. The molecule has 0 bridgehead atoms. The molecule has 1 heterocycles. The molecule has 0 saturated carbocycles. The molecule has 19 heavy (non-hydrogen) atoms. The van der Waals surface area contributed by atoms with Gasteiger partial charge in [-0.15, -0.1) is 0 Å². The average Bonchev–Trinajstić information content (AvgIpc) is 2.39. The summed E-state index contributed by atoms with van der Waals surface area (Å²) in [6.07, 6.45) is 2.41. The van der Waals surface area contributed by atoms with Crippen LogP contribution < -0.4 is 5.46 Å². The van der Waals surface area contributed by atoms with Crippen molar-refractivity contribution < 1.29 is 10.0 Å². The lowest BCUT2D eigenvalue weighted by Crippen LogP contribution is -2.41. The predicted octanol–water partition coefficient (Wildman–Crippen LogP) is -0.108. The van der Waals surface area contributed by atoms with Gasteiger partial charge in [-0.3, -0.25) is 4.90 Å². The van der Waals surface area contributed by atoms with Crippen molar-refractivity contribution in [2.24, 2.45) is 0 Å². The van der Waals surface area contributed by atoms with Crippen LogP contribution in [0.1, 0.15) is 18.4 Å². The summed E-state index contributed by atoms with van der Waals surface area (Å²) in [7, 11) is 2.94. The van der Waals surface area contributed by atoms with E-state index in [1.54, 1.807) is 6.07 Å². The van der Waals surface area contributed by atoms with Gasteiger partial charge in [-0.05, 0) is 51.1 Å². The SMILES string of the molecule is CN1CCC(N(C)Cc2cccc(B(O)O)c2)CC1. The van der Waals surface area contributed by atoms with Gasteiger partial charge >= 0.3 is 7.12 Å². The summed E-state index contributed by atoms with van der Waals surface area (Å²) in [6, 6.07) is 8.16. The summed E-state index contributed by atoms with van der Waals surface area (Å²) >= 11 is 0. The molecule has 1 fully saturated rings. The maximum Gasteiger partial charge on any atom is 0.488 e. The summed E-state index contributed by atoms with van der Waals surface area (Å²) < 4.78 is 0. The molecule has 1 aliphatic heterocycles. The number of hydrogen-bond donors (Lipinski definition) is 2. The van der Waals surface area contributed by atoms with E-state index in [4.69, 9.17) is 0 Å². The Bertz CT molecular complexity index is 406. The van der Waals surface area contributed by atoms with Gasteiger partial charge < -0.3 is 14.9 Å². The third-order valence-corrected chi connectivity index (χ3v) is 3.99. The van der Waals surface area contributed by atoms with Crippen molar-refractivity contribution in [1.29, 1.82) is 0 Å².